The van der Waals surface area contributed by atoms with E-state index in [9.17, 15) is 29.1 Å². The van der Waals surface area contributed by atoms with Crippen LogP contribution in [0, 0.1) is 28.6 Å². The van der Waals surface area contributed by atoms with E-state index in [4.69, 9.17) is 0 Å². The number of hydrogen-bond donors (Lipinski definition) is 5. The number of aliphatic hydroxyl groups is 1. The smallest absolute Gasteiger partial charge is 0.250 e. The molecule has 0 spiro atoms. The van der Waals surface area contributed by atoms with E-state index in [-0.39, 0.29) is 41.4 Å². The molecule has 2 heterocycles. The highest BCUT2D eigenvalue weighted by Gasteiger charge is 2.69. The van der Waals surface area contributed by atoms with Crippen molar-refractivity contribution in [1.29, 1.82) is 0 Å². The van der Waals surface area contributed by atoms with E-state index in [1.807, 2.05) is 20.8 Å². The SMILES string of the molecule is CNC(=O)C(O)[C@H](C[C@@H]1CCNC1=O)NC(=O)[C@@H]1[C@@H]2[C@H](CN1C(=O)[C@@H](NC(C)=O)C(C)(C)C)C2(C)C. The number of rotatable bonds is 8. The number of carbonyl (C=O) groups excluding carboxylic acids is 5. The van der Waals surface area contributed by atoms with Gasteiger partial charge < -0.3 is 31.3 Å². The Labute approximate surface area is 212 Å². The Balaban J connectivity index is 1.86. The molecule has 5 N–H and O–H groups in total. The monoisotopic (exact) mass is 507 g/mol. The first-order chi connectivity index (χ1) is 16.6. The van der Waals surface area contributed by atoms with E-state index in [2.05, 4.69) is 35.1 Å². The third kappa shape index (κ3) is 5.35. The summed E-state index contributed by atoms with van der Waals surface area (Å²) in [5, 5.41) is 21.3. The molecule has 3 fully saturated rings. The number of fused-ring (bicyclic) bond motifs is 1. The number of aliphatic hydroxyl groups excluding tert-OH is 1. The predicted molar refractivity (Wildman–Crippen MR) is 131 cm³/mol. The van der Waals surface area contributed by atoms with Gasteiger partial charge in [-0.1, -0.05) is 34.6 Å². The normalized spacial score (nSPS) is 28.9. The summed E-state index contributed by atoms with van der Waals surface area (Å²) in [4.78, 5) is 65.2. The summed E-state index contributed by atoms with van der Waals surface area (Å²) < 4.78 is 0. The van der Waals surface area contributed by atoms with Crippen LogP contribution < -0.4 is 21.3 Å². The summed E-state index contributed by atoms with van der Waals surface area (Å²) in [6.07, 6.45) is -0.912. The highest BCUT2D eigenvalue weighted by atomic mass is 16.3. The molecule has 2 saturated heterocycles. The molecule has 3 aliphatic rings. The fourth-order valence-corrected chi connectivity index (χ4v) is 5.87. The Hall–Kier alpha value is -2.69. The van der Waals surface area contributed by atoms with E-state index in [1.165, 1.54) is 18.9 Å². The van der Waals surface area contributed by atoms with Gasteiger partial charge >= 0.3 is 0 Å². The van der Waals surface area contributed by atoms with E-state index in [0.717, 1.165) is 0 Å². The van der Waals surface area contributed by atoms with Crippen LogP contribution >= 0.6 is 0 Å². The highest BCUT2D eigenvalue weighted by Crippen LogP contribution is 2.65. The zero-order valence-electron chi connectivity index (χ0n) is 22.3. The van der Waals surface area contributed by atoms with Crippen LogP contribution in [-0.2, 0) is 24.0 Å². The lowest BCUT2D eigenvalue weighted by Gasteiger charge is -2.38. The van der Waals surface area contributed by atoms with Crippen molar-refractivity contribution in [3.8, 4) is 0 Å². The van der Waals surface area contributed by atoms with Gasteiger partial charge in [0.1, 0.15) is 12.1 Å². The molecule has 36 heavy (non-hydrogen) atoms. The van der Waals surface area contributed by atoms with Gasteiger partial charge in [-0.15, -0.1) is 0 Å². The van der Waals surface area contributed by atoms with Crippen molar-refractivity contribution in [2.45, 2.75) is 78.6 Å². The number of amides is 5. The summed E-state index contributed by atoms with van der Waals surface area (Å²) in [5.74, 6) is -2.39. The standard InChI is InChI=1S/C25H41N5O6/c1-12(31)28-19(24(2,3)4)23(36)30-11-14-16(25(14,5)6)17(30)21(34)29-15(18(32)22(35)26-7)10-13-8-9-27-20(13)33/h13-19,32H,8-11H2,1-7H3,(H,26,35)(H,27,33)(H,28,31)(H,29,34)/t13-,14-,15-,16-,17-,18?,19+/m0/s1. The molecule has 11 nitrogen and oxygen atoms in total. The second-order valence-electron chi connectivity index (χ2n) is 12.1. The van der Waals surface area contributed by atoms with Crippen LogP contribution in [0.1, 0.15) is 54.4 Å². The molecular weight excluding hydrogens is 466 g/mol. The van der Waals surface area contributed by atoms with E-state index < -0.39 is 47.4 Å². The van der Waals surface area contributed by atoms with Crippen LogP contribution in [-0.4, -0.2) is 83.9 Å². The molecule has 7 atom stereocenters. The number of piperidine rings is 1. The van der Waals surface area contributed by atoms with Crippen molar-refractivity contribution < 1.29 is 29.1 Å². The molecule has 202 valence electrons. The topological polar surface area (TPSA) is 157 Å². The Bertz CT molecular complexity index is 928. The van der Waals surface area contributed by atoms with Crippen molar-refractivity contribution in [1.82, 2.24) is 26.2 Å². The molecule has 2 aliphatic heterocycles. The summed E-state index contributed by atoms with van der Waals surface area (Å²) >= 11 is 0. The molecular formula is C25H41N5O6. The number of likely N-dealkylation sites (tertiary alicyclic amines) is 1. The maximum absolute atomic E-state index is 13.7. The highest BCUT2D eigenvalue weighted by molar-refractivity contribution is 5.94. The number of nitrogens with one attached hydrogen (secondary N) is 4. The third-order valence-electron chi connectivity index (χ3n) is 8.15. The van der Waals surface area contributed by atoms with Crippen LogP contribution in [0.15, 0.2) is 0 Å². The van der Waals surface area contributed by atoms with Crippen LogP contribution in [0.25, 0.3) is 0 Å². The molecule has 3 rings (SSSR count). The van der Waals surface area contributed by atoms with Gasteiger partial charge in [-0.2, -0.15) is 0 Å². The number of likely N-dealkylation sites (N-methyl/N-ethyl adjacent to an activating group) is 1. The van der Waals surface area contributed by atoms with Crippen molar-refractivity contribution in [3.05, 3.63) is 0 Å². The van der Waals surface area contributed by atoms with Crippen molar-refractivity contribution in [2.24, 2.45) is 28.6 Å². The van der Waals surface area contributed by atoms with E-state index in [1.54, 1.807) is 0 Å². The maximum atomic E-state index is 13.7. The Morgan fingerprint density at radius 2 is 1.83 bits per heavy atom. The molecule has 0 aromatic rings. The fraction of sp³-hybridized carbons (Fsp3) is 0.800. The lowest BCUT2D eigenvalue weighted by atomic mass is 9.85. The Morgan fingerprint density at radius 1 is 1.19 bits per heavy atom. The summed E-state index contributed by atoms with van der Waals surface area (Å²) in [7, 11) is 1.38. The zero-order chi connectivity index (χ0) is 27.2. The van der Waals surface area contributed by atoms with Crippen LogP contribution in [0.5, 0.6) is 0 Å². The second kappa shape index (κ2) is 9.99. The second-order valence-corrected chi connectivity index (χ2v) is 12.1. The lowest BCUT2D eigenvalue weighted by Crippen LogP contribution is -2.61. The minimum absolute atomic E-state index is 0.0908. The first-order valence-corrected chi connectivity index (χ1v) is 12.7. The first kappa shape index (κ1) is 27.9. The molecule has 0 aromatic heterocycles. The summed E-state index contributed by atoms with van der Waals surface area (Å²) in [6, 6.07) is -2.63. The Morgan fingerprint density at radius 3 is 2.33 bits per heavy atom. The maximum Gasteiger partial charge on any atom is 0.250 e. The largest absolute Gasteiger partial charge is 0.381 e. The molecule has 0 aromatic carbocycles. The van der Waals surface area contributed by atoms with Gasteiger partial charge in [0, 0.05) is 33.0 Å². The third-order valence-corrected chi connectivity index (χ3v) is 8.15. The zero-order valence-corrected chi connectivity index (χ0v) is 22.3. The van der Waals surface area contributed by atoms with E-state index >= 15 is 0 Å². The number of nitrogens with zero attached hydrogens (tertiary/aromatic N) is 1. The molecule has 11 heteroatoms. The lowest BCUT2D eigenvalue weighted by molar-refractivity contribution is -0.146. The minimum atomic E-state index is -1.55. The molecule has 0 bridgehead atoms. The summed E-state index contributed by atoms with van der Waals surface area (Å²) in [6.45, 7) is 11.9. The molecule has 5 amide bonds. The fourth-order valence-electron chi connectivity index (χ4n) is 5.87. The van der Waals surface area contributed by atoms with Gasteiger partial charge in [-0.05, 0) is 35.5 Å². The molecule has 1 aliphatic carbocycles. The van der Waals surface area contributed by atoms with Gasteiger partial charge in [-0.3, -0.25) is 24.0 Å². The van der Waals surface area contributed by atoms with Crippen molar-refractivity contribution >= 4 is 29.5 Å². The van der Waals surface area contributed by atoms with E-state index in [0.29, 0.717) is 19.5 Å². The van der Waals surface area contributed by atoms with Crippen LogP contribution in [0.3, 0.4) is 0 Å². The number of hydrogen-bond acceptors (Lipinski definition) is 6. The van der Waals surface area contributed by atoms with Gasteiger partial charge in [0.15, 0.2) is 6.10 Å². The summed E-state index contributed by atoms with van der Waals surface area (Å²) in [5.41, 5.74) is -0.732. The molecule has 1 unspecified atom stereocenters. The minimum Gasteiger partial charge on any atom is -0.381 e. The average molecular weight is 508 g/mol. The van der Waals surface area contributed by atoms with Crippen LogP contribution in [0.4, 0.5) is 0 Å². The van der Waals surface area contributed by atoms with Crippen molar-refractivity contribution in [2.75, 3.05) is 20.1 Å². The Kier molecular flexibility index (Phi) is 7.74. The molecule has 1 saturated carbocycles. The van der Waals surface area contributed by atoms with Gasteiger partial charge in [0.2, 0.25) is 23.6 Å². The quantitative estimate of drug-likeness (QED) is 0.288. The van der Waals surface area contributed by atoms with Crippen LogP contribution in [0.2, 0.25) is 0 Å². The first-order valence-electron chi connectivity index (χ1n) is 12.7. The van der Waals surface area contributed by atoms with Gasteiger partial charge in [-0.25, -0.2) is 0 Å². The average Bonchev–Trinajstić information content (AvgIpc) is 3.13. The van der Waals surface area contributed by atoms with Gasteiger partial charge in [0.25, 0.3) is 5.91 Å². The predicted octanol–water partition coefficient (Wildman–Crippen LogP) is -0.862. The van der Waals surface area contributed by atoms with Crippen molar-refractivity contribution in [3.63, 3.8) is 0 Å². The molecule has 0 radical (unpaired) electrons. The van der Waals surface area contributed by atoms with Gasteiger partial charge in [0.05, 0.1) is 6.04 Å². The number of carbonyl (C=O) groups is 5.